The maximum Gasteiger partial charge on any atom is 0.438 e. The van der Waals surface area contributed by atoms with E-state index in [0.29, 0.717) is 0 Å². The first-order valence-electron chi connectivity index (χ1n) is 8.31. The predicted molar refractivity (Wildman–Crippen MR) is 77.4 cm³/mol. The maximum atomic E-state index is 14.0. The van der Waals surface area contributed by atoms with Gasteiger partial charge in [-0.1, -0.05) is 6.58 Å². The molecule has 0 bridgehead atoms. The van der Waals surface area contributed by atoms with Gasteiger partial charge in [-0.25, -0.2) is 9.18 Å². The van der Waals surface area contributed by atoms with Crippen molar-refractivity contribution in [2.24, 2.45) is 0 Å². The van der Waals surface area contributed by atoms with Crippen molar-refractivity contribution in [3.05, 3.63) is 12.7 Å². The maximum absolute atomic E-state index is 14.0. The van der Waals surface area contributed by atoms with Gasteiger partial charge < -0.3 is 9.84 Å². The second-order valence-electron chi connectivity index (χ2n) is 7.19. The van der Waals surface area contributed by atoms with Gasteiger partial charge in [-0.15, -0.1) is 0 Å². The summed E-state index contributed by atoms with van der Waals surface area (Å²) in [6, 6.07) is 0. The zero-order valence-electron chi connectivity index (χ0n) is 16.9. The molecule has 0 aromatic rings. The minimum Gasteiger partial charge on any atom is -0.459 e. The van der Waals surface area contributed by atoms with E-state index in [2.05, 4.69) is 11.3 Å². The fourth-order valence-corrected chi connectivity index (χ4v) is 2.22. The lowest BCUT2D eigenvalue weighted by molar-refractivity contribution is -0.476. The molecule has 3 nitrogen and oxygen atoms in total. The average Bonchev–Trinajstić information content (AvgIpc) is 2.68. The molecule has 0 aliphatic carbocycles. The number of carbonyl (C=O) groups excluding carboxylic acids is 1. The second-order valence-corrected chi connectivity index (χ2v) is 7.19. The van der Waals surface area contributed by atoms with Gasteiger partial charge >= 0.3 is 59.5 Å². The zero-order valence-corrected chi connectivity index (χ0v) is 16.9. The number of alkyl halides is 19. The number of hydrogen-bond acceptors (Lipinski definition) is 3. The van der Waals surface area contributed by atoms with Crippen molar-refractivity contribution in [1.29, 1.82) is 0 Å². The summed E-state index contributed by atoms with van der Waals surface area (Å²) in [6.07, 6.45) is -16.7. The van der Waals surface area contributed by atoms with Crippen LogP contribution in [0.1, 0.15) is 6.92 Å². The smallest absolute Gasteiger partial charge is 0.438 e. The number of rotatable bonds is 10. The van der Waals surface area contributed by atoms with Crippen molar-refractivity contribution in [2.75, 3.05) is 6.61 Å². The monoisotopic (exact) mass is 598 g/mol. The standard InChI is InChI=1S/C15H9F19O3/c1-3-5(35)37-4-6(2,36)8(17,18)10(21,22)12(25,26)13(27,28)11(23,24)9(19,20)7(16,14(29,30)31)15(32,33)34/h3,36H,1,4H2,2H3. The van der Waals surface area contributed by atoms with E-state index in [-0.39, 0.29) is 6.08 Å². The Labute approximate surface area is 190 Å². The summed E-state index contributed by atoms with van der Waals surface area (Å²) in [5.74, 6) is -53.6. The van der Waals surface area contributed by atoms with Gasteiger partial charge in [0.15, 0.2) is 5.60 Å². The highest BCUT2D eigenvalue weighted by molar-refractivity contribution is 5.81. The van der Waals surface area contributed by atoms with E-state index in [0.717, 1.165) is 0 Å². The molecule has 0 aromatic heterocycles. The van der Waals surface area contributed by atoms with Crippen LogP contribution in [-0.2, 0) is 9.53 Å². The molecule has 0 saturated carbocycles. The van der Waals surface area contributed by atoms with Crippen LogP contribution >= 0.6 is 0 Å². The van der Waals surface area contributed by atoms with Gasteiger partial charge in [-0.05, 0) is 6.92 Å². The molecule has 37 heavy (non-hydrogen) atoms. The number of esters is 1. The van der Waals surface area contributed by atoms with E-state index in [1.54, 1.807) is 0 Å². The fourth-order valence-electron chi connectivity index (χ4n) is 2.22. The largest absolute Gasteiger partial charge is 0.459 e. The lowest BCUT2D eigenvalue weighted by Crippen LogP contribution is -2.78. The molecule has 1 atom stereocenters. The van der Waals surface area contributed by atoms with Crippen LogP contribution in [0.15, 0.2) is 12.7 Å². The van der Waals surface area contributed by atoms with Crippen molar-refractivity contribution in [1.82, 2.24) is 0 Å². The lowest BCUT2D eigenvalue weighted by Gasteiger charge is -2.46. The number of ether oxygens (including phenoxy) is 1. The highest BCUT2D eigenvalue weighted by atomic mass is 19.4. The molecule has 0 spiro atoms. The van der Waals surface area contributed by atoms with Crippen LogP contribution in [0.3, 0.4) is 0 Å². The molecule has 0 aliphatic heterocycles. The molecule has 22 heteroatoms. The van der Waals surface area contributed by atoms with Crippen molar-refractivity contribution in [2.45, 2.75) is 66.1 Å². The molecule has 0 radical (unpaired) electrons. The minimum atomic E-state index is -9.16. The Morgan fingerprint density at radius 1 is 0.622 bits per heavy atom. The quantitative estimate of drug-likeness (QED) is 0.188. The van der Waals surface area contributed by atoms with Crippen LogP contribution in [-0.4, -0.2) is 76.8 Å². The molecule has 1 unspecified atom stereocenters. The van der Waals surface area contributed by atoms with Crippen molar-refractivity contribution < 1.29 is 98.1 Å². The van der Waals surface area contributed by atoms with E-state index in [4.69, 9.17) is 0 Å². The first-order chi connectivity index (χ1) is 15.7. The third-order valence-electron chi connectivity index (χ3n) is 4.52. The van der Waals surface area contributed by atoms with Gasteiger partial charge in [-0.3, -0.25) is 0 Å². The lowest BCUT2D eigenvalue weighted by atomic mass is 9.81. The summed E-state index contributed by atoms with van der Waals surface area (Å²) in [7, 11) is 0. The molecule has 0 aromatic carbocycles. The van der Waals surface area contributed by atoms with Gasteiger partial charge in [0.1, 0.15) is 6.61 Å². The first-order valence-corrected chi connectivity index (χ1v) is 8.31. The Morgan fingerprint density at radius 3 is 1.16 bits per heavy atom. The van der Waals surface area contributed by atoms with Gasteiger partial charge in [0.05, 0.1) is 0 Å². The van der Waals surface area contributed by atoms with E-state index in [1.165, 1.54) is 0 Å². The number of hydrogen-bond donors (Lipinski definition) is 1. The molecular formula is C15H9F19O3. The molecule has 220 valence electrons. The topological polar surface area (TPSA) is 46.5 Å². The normalized spacial score (nSPS) is 17.3. The second kappa shape index (κ2) is 8.95. The summed E-state index contributed by atoms with van der Waals surface area (Å²) in [4.78, 5) is 10.7. The molecule has 0 amide bonds. The zero-order chi connectivity index (χ0) is 30.7. The van der Waals surface area contributed by atoms with Crippen molar-refractivity contribution in [3.8, 4) is 0 Å². The Balaban J connectivity index is 7.09. The Hall–Kier alpha value is -2.16. The Morgan fingerprint density at radius 2 is 0.892 bits per heavy atom. The van der Waals surface area contributed by atoms with Crippen LogP contribution in [0.25, 0.3) is 0 Å². The summed E-state index contributed by atoms with van der Waals surface area (Å²) in [6.45, 7) is -0.697. The molecule has 0 saturated heterocycles. The van der Waals surface area contributed by atoms with E-state index in [9.17, 15) is 93.3 Å². The molecule has 0 rings (SSSR count). The summed E-state index contributed by atoms with van der Waals surface area (Å²) in [5.41, 5.74) is -13.8. The van der Waals surface area contributed by atoms with Gasteiger partial charge in [-0.2, -0.15) is 79.0 Å². The van der Waals surface area contributed by atoms with Gasteiger partial charge in [0.25, 0.3) is 0 Å². The van der Waals surface area contributed by atoms with E-state index >= 15 is 0 Å². The Kier molecular flexibility index (Phi) is 8.43. The first kappa shape index (κ1) is 34.8. The Bertz CT molecular complexity index is 853. The van der Waals surface area contributed by atoms with Crippen LogP contribution < -0.4 is 0 Å². The third kappa shape index (κ3) is 4.55. The van der Waals surface area contributed by atoms with Gasteiger partial charge in [0, 0.05) is 6.08 Å². The summed E-state index contributed by atoms with van der Waals surface area (Å²) < 4.78 is 256. The number of halogens is 19. The SMILES string of the molecule is C=CC(=O)OCC(C)(O)C(F)(F)C(F)(F)C(F)(F)C(F)(F)C(F)(F)C(F)(F)C(F)(C(F)(F)F)C(F)(F)F. The highest BCUT2D eigenvalue weighted by Crippen LogP contribution is 2.66. The summed E-state index contributed by atoms with van der Waals surface area (Å²) >= 11 is 0. The van der Waals surface area contributed by atoms with Gasteiger partial charge in [0.2, 0.25) is 0 Å². The number of carbonyl (C=O) groups is 1. The molecular weight excluding hydrogens is 589 g/mol. The number of aliphatic hydroxyl groups is 1. The van der Waals surface area contributed by atoms with Crippen LogP contribution in [0.2, 0.25) is 0 Å². The molecule has 1 N–H and O–H groups in total. The van der Waals surface area contributed by atoms with Crippen LogP contribution in [0.4, 0.5) is 83.4 Å². The van der Waals surface area contributed by atoms with Crippen molar-refractivity contribution in [3.63, 3.8) is 0 Å². The minimum absolute atomic E-state index is 0.0439. The average molecular weight is 598 g/mol. The summed E-state index contributed by atoms with van der Waals surface area (Å²) in [5, 5.41) is 9.24. The fraction of sp³-hybridized carbons (Fsp3) is 0.800. The molecule has 0 heterocycles. The van der Waals surface area contributed by atoms with E-state index in [1.807, 2.05) is 0 Å². The van der Waals surface area contributed by atoms with Crippen LogP contribution in [0, 0.1) is 0 Å². The highest BCUT2D eigenvalue weighted by Gasteiger charge is 2.98. The molecule has 0 fully saturated rings. The molecule has 0 aliphatic rings. The van der Waals surface area contributed by atoms with E-state index < -0.39 is 78.7 Å². The van der Waals surface area contributed by atoms with Crippen molar-refractivity contribution >= 4 is 5.97 Å². The predicted octanol–water partition coefficient (Wildman–Crippen LogP) is 6.11. The van der Waals surface area contributed by atoms with Crippen LogP contribution in [0.5, 0.6) is 0 Å². The third-order valence-corrected chi connectivity index (χ3v) is 4.52.